The van der Waals surface area contributed by atoms with Crippen molar-refractivity contribution >= 4 is 28.2 Å². The monoisotopic (exact) mass is 364 g/mol. The molecule has 3 rings (SSSR count). The highest BCUT2D eigenvalue weighted by Gasteiger charge is 2.35. The first-order chi connectivity index (χ1) is 11.8. The number of carbonyl (C=O) groups excluding carboxylic acids is 1. The maximum absolute atomic E-state index is 14.2. The Balaban J connectivity index is 2.12. The second-order valence-corrected chi connectivity index (χ2v) is 9.19. The molecule has 0 amide bonds. The molecule has 2 atom stereocenters. The lowest BCUT2D eigenvalue weighted by molar-refractivity contribution is 0.325. The molecule has 0 saturated heterocycles. The molecule has 2 N–H and O–H groups in total. The SMILES string of the molecule is CC(C)(C)S(=O)NC1CCN2C(CO)=CC(=C=O)c3cc(F)cc1c32. The fourth-order valence-corrected chi connectivity index (χ4v) is 4.03. The molecule has 7 heteroatoms. The third kappa shape index (κ3) is 3.20. The molecule has 134 valence electrons. The molecule has 0 radical (unpaired) electrons. The first-order valence-corrected chi connectivity index (χ1v) is 9.27. The van der Waals surface area contributed by atoms with E-state index in [2.05, 4.69) is 4.72 Å². The molecule has 1 aromatic carbocycles. The van der Waals surface area contributed by atoms with Gasteiger partial charge < -0.3 is 10.0 Å². The van der Waals surface area contributed by atoms with Gasteiger partial charge in [-0.15, -0.1) is 0 Å². The standard InChI is InChI=1S/C18H21FN2O3S/c1-18(2,3)25(24)20-16-4-5-21-13(10-23)6-11(9-22)14-7-12(19)8-15(16)17(14)21/h6-8,16,20,23H,4-5,10H2,1-3H3. The summed E-state index contributed by atoms with van der Waals surface area (Å²) >= 11 is 0. The number of anilines is 1. The largest absolute Gasteiger partial charge is 0.390 e. The molecular weight excluding hydrogens is 343 g/mol. The summed E-state index contributed by atoms with van der Waals surface area (Å²) < 4.78 is 29.3. The van der Waals surface area contributed by atoms with Gasteiger partial charge in [0.05, 0.1) is 33.6 Å². The summed E-state index contributed by atoms with van der Waals surface area (Å²) in [6.07, 6.45) is 2.15. The number of allylic oxidation sites excluding steroid dienone is 2. The van der Waals surface area contributed by atoms with E-state index >= 15 is 0 Å². The number of nitrogens with one attached hydrogen (secondary N) is 1. The van der Waals surface area contributed by atoms with Gasteiger partial charge in [-0.25, -0.2) is 18.1 Å². The Morgan fingerprint density at radius 3 is 2.76 bits per heavy atom. The number of rotatable bonds is 3. The number of nitrogens with zero attached hydrogens (tertiary/aromatic N) is 1. The normalized spacial score (nSPS) is 20.7. The number of halogens is 1. The van der Waals surface area contributed by atoms with Crippen LogP contribution in [0, 0.1) is 5.82 Å². The van der Waals surface area contributed by atoms with Crippen molar-refractivity contribution in [3.63, 3.8) is 0 Å². The van der Waals surface area contributed by atoms with Crippen LogP contribution in [0.25, 0.3) is 5.57 Å². The Kier molecular flexibility index (Phi) is 4.68. The van der Waals surface area contributed by atoms with Crippen LogP contribution in [0.4, 0.5) is 10.1 Å². The lowest BCUT2D eigenvalue weighted by atomic mass is 9.88. The summed E-state index contributed by atoms with van der Waals surface area (Å²) in [6, 6.07) is 2.41. The van der Waals surface area contributed by atoms with Crippen molar-refractivity contribution in [2.24, 2.45) is 0 Å². The van der Waals surface area contributed by atoms with Crippen LogP contribution >= 0.6 is 0 Å². The number of hydrogen-bond acceptors (Lipinski definition) is 4. The molecule has 2 aliphatic heterocycles. The zero-order valence-corrected chi connectivity index (χ0v) is 15.2. The van der Waals surface area contributed by atoms with Crippen LogP contribution < -0.4 is 9.62 Å². The molecule has 2 aliphatic rings. The third-order valence-electron chi connectivity index (χ3n) is 4.42. The molecule has 5 nitrogen and oxygen atoms in total. The van der Waals surface area contributed by atoms with Gasteiger partial charge in [-0.1, -0.05) is 0 Å². The average Bonchev–Trinajstić information content (AvgIpc) is 2.55. The highest BCUT2D eigenvalue weighted by molar-refractivity contribution is 7.84. The third-order valence-corrected chi connectivity index (χ3v) is 6.03. The molecular formula is C18H21FN2O3S. The second kappa shape index (κ2) is 6.50. The predicted octanol–water partition coefficient (Wildman–Crippen LogP) is 2.23. The van der Waals surface area contributed by atoms with Crippen LogP contribution in [0.3, 0.4) is 0 Å². The van der Waals surface area contributed by atoms with Gasteiger partial charge in [-0.05, 0) is 51.0 Å². The molecule has 0 aliphatic carbocycles. The Hall–Kier alpha value is -1.79. The summed E-state index contributed by atoms with van der Waals surface area (Å²) in [7, 11) is -1.31. The molecule has 0 spiro atoms. The Morgan fingerprint density at radius 2 is 2.16 bits per heavy atom. The second-order valence-electron chi connectivity index (χ2n) is 7.19. The highest BCUT2D eigenvalue weighted by Crippen LogP contribution is 2.44. The summed E-state index contributed by atoms with van der Waals surface area (Å²) in [5.74, 6) is 1.37. The van der Waals surface area contributed by atoms with E-state index in [4.69, 9.17) is 0 Å². The van der Waals surface area contributed by atoms with Crippen molar-refractivity contribution in [3.8, 4) is 0 Å². The van der Waals surface area contributed by atoms with Gasteiger partial charge in [0.1, 0.15) is 11.8 Å². The Labute approximate surface area is 148 Å². The van der Waals surface area contributed by atoms with Gasteiger partial charge >= 0.3 is 0 Å². The first kappa shape index (κ1) is 18.0. The average molecular weight is 364 g/mol. The molecule has 0 aromatic heterocycles. The molecule has 0 bridgehead atoms. The van der Waals surface area contributed by atoms with Crippen molar-refractivity contribution in [1.29, 1.82) is 0 Å². The summed E-state index contributed by atoms with van der Waals surface area (Å²) in [4.78, 5) is 13.2. The van der Waals surface area contributed by atoms with Gasteiger partial charge in [-0.2, -0.15) is 0 Å². The number of aliphatic hydroxyl groups excluding tert-OH is 1. The lowest BCUT2D eigenvalue weighted by Crippen LogP contribution is -2.42. The van der Waals surface area contributed by atoms with Gasteiger partial charge in [0.2, 0.25) is 0 Å². The predicted molar refractivity (Wildman–Crippen MR) is 96.4 cm³/mol. The van der Waals surface area contributed by atoms with Crippen LogP contribution in [0.1, 0.15) is 44.4 Å². The van der Waals surface area contributed by atoms with Gasteiger partial charge in [-0.3, -0.25) is 0 Å². The van der Waals surface area contributed by atoms with Crippen molar-refractivity contribution in [3.05, 3.63) is 40.8 Å². The van der Waals surface area contributed by atoms with Crippen LogP contribution in [-0.2, 0) is 15.8 Å². The fraction of sp³-hybridized carbons (Fsp3) is 0.444. The lowest BCUT2D eigenvalue weighted by Gasteiger charge is -2.40. The number of aliphatic hydroxyl groups is 1. The van der Waals surface area contributed by atoms with Crippen LogP contribution in [0.5, 0.6) is 0 Å². The highest BCUT2D eigenvalue weighted by atomic mass is 32.2. The van der Waals surface area contributed by atoms with E-state index < -0.39 is 21.5 Å². The van der Waals surface area contributed by atoms with E-state index in [0.29, 0.717) is 35.5 Å². The zero-order chi connectivity index (χ0) is 18.4. The van der Waals surface area contributed by atoms with Crippen molar-refractivity contribution < 1.29 is 18.5 Å². The minimum Gasteiger partial charge on any atom is -0.390 e. The maximum atomic E-state index is 14.2. The molecule has 25 heavy (non-hydrogen) atoms. The van der Waals surface area contributed by atoms with E-state index in [-0.39, 0.29) is 18.2 Å². The van der Waals surface area contributed by atoms with Gasteiger partial charge in [0.25, 0.3) is 0 Å². The molecule has 0 saturated carbocycles. The van der Waals surface area contributed by atoms with E-state index in [1.165, 1.54) is 12.1 Å². The first-order valence-electron chi connectivity index (χ1n) is 8.12. The van der Waals surface area contributed by atoms with Crippen molar-refractivity contribution in [2.75, 3.05) is 18.1 Å². The fourth-order valence-electron chi connectivity index (χ4n) is 3.17. The molecule has 0 fully saturated rings. The maximum Gasteiger partial charge on any atom is 0.133 e. The van der Waals surface area contributed by atoms with Gasteiger partial charge in [0.15, 0.2) is 0 Å². The zero-order valence-electron chi connectivity index (χ0n) is 14.4. The number of benzene rings is 1. The topological polar surface area (TPSA) is 69.6 Å². The van der Waals surface area contributed by atoms with E-state index in [9.17, 15) is 18.5 Å². The quantitative estimate of drug-likeness (QED) is 0.807. The molecule has 1 aromatic rings. The van der Waals surface area contributed by atoms with Crippen LogP contribution in [-0.4, -0.2) is 33.2 Å². The molecule has 2 heterocycles. The van der Waals surface area contributed by atoms with E-state index in [1.807, 2.05) is 31.6 Å². The van der Waals surface area contributed by atoms with Gasteiger partial charge in [0, 0.05) is 23.8 Å². The minimum atomic E-state index is -1.31. The van der Waals surface area contributed by atoms with Crippen LogP contribution in [0.15, 0.2) is 23.9 Å². The van der Waals surface area contributed by atoms with E-state index in [0.717, 1.165) is 0 Å². The van der Waals surface area contributed by atoms with E-state index in [1.54, 1.807) is 6.08 Å². The summed E-state index contributed by atoms with van der Waals surface area (Å²) in [5, 5.41) is 9.63. The van der Waals surface area contributed by atoms with Crippen molar-refractivity contribution in [2.45, 2.75) is 38.0 Å². The molecule has 2 unspecified atom stereocenters. The van der Waals surface area contributed by atoms with Crippen LogP contribution in [0.2, 0.25) is 0 Å². The minimum absolute atomic E-state index is 0.216. The summed E-state index contributed by atoms with van der Waals surface area (Å²) in [5.41, 5.74) is 2.57. The summed E-state index contributed by atoms with van der Waals surface area (Å²) in [6.45, 7) is 5.95. The smallest absolute Gasteiger partial charge is 0.133 e. The Morgan fingerprint density at radius 1 is 1.44 bits per heavy atom. The van der Waals surface area contributed by atoms with Crippen molar-refractivity contribution in [1.82, 2.24) is 4.72 Å². The number of hydrogen-bond donors (Lipinski definition) is 2. The Bertz CT molecular complexity index is 822.